The minimum Gasteiger partial charge on any atom is -0.358 e. The van der Waals surface area contributed by atoms with Crippen LogP contribution in [-0.2, 0) is 12.8 Å². The van der Waals surface area contributed by atoms with Crippen molar-refractivity contribution in [2.24, 2.45) is 5.92 Å². The van der Waals surface area contributed by atoms with Crippen LogP contribution in [0.2, 0.25) is 0 Å². The number of benzene rings is 1. The standard InChI is InChI=1S/C19H23N5O/c1-10(2)17-21-19(24-23-17)22-18(25)13-6-4-5-12-14-9-11(3)7-8-15(14)20-16(12)13/h4-6,10-11,20H,7-9H2,1-3H3,(H2,21,22,23,24,25)/t11-/m0/s1. The number of hydrogen-bond donors (Lipinski definition) is 3. The third kappa shape index (κ3) is 2.81. The molecule has 130 valence electrons. The van der Waals surface area contributed by atoms with Gasteiger partial charge in [0.15, 0.2) is 0 Å². The minimum absolute atomic E-state index is 0.188. The molecule has 1 aliphatic carbocycles. The van der Waals surface area contributed by atoms with E-state index < -0.39 is 0 Å². The lowest BCUT2D eigenvalue weighted by Crippen LogP contribution is -2.13. The zero-order chi connectivity index (χ0) is 17.6. The molecule has 0 saturated carbocycles. The summed E-state index contributed by atoms with van der Waals surface area (Å²) in [7, 11) is 0. The van der Waals surface area contributed by atoms with E-state index in [1.54, 1.807) is 0 Å². The van der Waals surface area contributed by atoms with Gasteiger partial charge >= 0.3 is 0 Å². The Morgan fingerprint density at radius 3 is 2.96 bits per heavy atom. The zero-order valence-corrected chi connectivity index (χ0v) is 14.8. The number of hydrogen-bond acceptors (Lipinski definition) is 3. The lowest BCUT2D eigenvalue weighted by Gasteiger charge is -2.17. The topological polar surface area (TPSA) is 86.5 Å². The Balaban J connectivity index is 1.67. The van der Waals surface area contributed by atoms with Crippen LogP contribution in [0.1, 0.15) is 60.5 Å². The number of nitrogens with one attached hydrogen (secondary N) is 3. The highest BCUT2D eigenvalue weighted by molar-refractivity contribution is 6.12. The summed E-state index contributed by atoms with van der Waals surface area (Å²) < 4.78 is 0. The number of aryl methyl sites for hydroxylation is 1. The van der Waals surface area contributed by atoms with Crippen LogP contribution < -0.4 is 5.32 Å². The van der Waals surface area contributed by atoms with Gasteiger partial charge in [-0.05, 0) is 36.8 Å². The molecule has 1 aliphatic rings. The summed E-state index contributed by atoms with van der Waals surface area (Å²) in [6.45, 7) is 6.34. The molecule has 2 heterocycles. The molecule has 0 fully saturated rings. The van der Waals surface area contributed by atoms with Crippen molar-refractivity contribution < 1.29 is 4.79 Å². The van der Waals surface area contributed by atoms with Crippen LogP contribution in [0, 0.1) is 5.92 Å². The normalized spacial score (nSPS) is 17.0. The van der Waals surface area contributed by atoms with Gasteiger partial charge < -0.3 is 4.98 Å². The monoisotopic (exact) mass is 337 g/mol. The lowest BCUT2D eigenvalue weighted by atomic mass is 9.87. The van der Waals surface area contributed by atoms with E-state index in [9.17, 15) is 4.79 Å². The first kappa shape index (κ1) is 15.9. The van der Waals surface area contributed by atoms with E-state index in [1.807, 2.05) is 26.0 Å². The Morgan fingerprint density at radius 2 is 2.20 bits per heavy atom. The molecule has 3 N–H and O–H groups in total. The number of rotatable bonds is 3. The molecule has 1 aromatic carbocycles. The van der Waals surface area contributed by atoms with E-state index in [2.05, 4.69) is 38.5 Å². The largest absolute Gasteiger partial charge is 0.358 e. The molecule has 25 heavy (non-hydrogen) atoms. The number of fused-ring (bicyclic) bond motifs is 3. The number of nitrogens with zero attached hydrogens (tertiary/aromatic N) is 2. The van der Waals surface area contributed by atoms with E-state index in [4.69, 9.17) is 0 Å². The minimum atomic E-state index is -0.188. The number of para-hydroxylation sites is 1. The number of amides is 1. The molecule has 1 amide bonds. The summed E-state index contributed by atoms with van der Waals surface area (Å²) in [6, 6.07) is 5.89. The van der Waals surface area contributed by atoms with Crippen LogP contribution in [0.25, 0.3) is 10.9 Å². The maximum Gasteiger partial charge on any atom is 0.260 e. The van der Waals surface area contributed by atoms with Gasteiger partial charge in [-0.3, -0.25) is 15.2 Å². The Kier molecular flexibility index (Phi) is 3.82. The summed E-state index contributed by atoms with van der Waals surface area (Å²) in [5.41, 5.74) is 4.19. The number of H-pyrrole nitrogens is 2. The Hall–Kier alpha value is -2.63. The summed E-state index contributed by atoms with van der Waals surface area (Å²) in [5.74, 6) is 1.81. The summed E-state index contributed by atoms with van der Waals surface area (Å²) >= 11 is 0. The predicted octanol–water partition coefficient (Wildman–Crippen LogP) is 3.79. The van der Waals surface area contributed by atoms with Crippen LogP contribution in [0.3, 0.4) is 0 Å². The van der Waals surface area contributed by atoms with Crippen molar-refractivity contribution in [3.63, 3.8) is 0 Å². The molecule has 2 aromatic heterocycles. The number of aromatic nitrogens is 4. The third-order valence-electron chi connectivity index (χ3n) is 4.99. The Bertz CT molecular complexity index is 937. The Labute approximate surface area is 146 Å². The van der Waals surface area contributed by atoms with E-state index in [0.717, 1.165) is 29.6 Å². The van der Waals surface area contributed by atoms with Crippen molar-refractivity contribution in [3.05, 3.63) is 40.8 Å². The molecular formula is C19H23N5O. The van der Waals surface area contributed by atoms with E-state index >= 15 is 0 Å². The van der Waals surface area contributed by atoms with Crippen molar-refractivity contribution >= 4 is 22.8 Å². The first-order chi connectivity index (χ1) is 12.0. The van der Waals surface area contributed by atoms with Crippen LogP contribution in [0.15, 0.2) is 18.2 Å². The molecule has 3 aromatic rings. The van der Waals surface area contributed by atoms with Gasteiger partial charge in [0.05, 0.1) is 11.1 Å². The molecule has 0 saturated heterocycles. The van der Waals surface area contributed by atoms with Crippen LogP contribution in [0.5, 0.6) is 0 Å². The smallest absolute Gasteiger partial charge is 0.260 e. The number of carbonyl (C=O) groups is 1. The molecule has 1 atom stereocenters. The van der Waals surface area contributed by atoms with Crippen molar-refractivity contribution in [2.75, 3.05) is 5.32 Å². The molecule has 6 heteroatoms. The molecule has 0 unspecified atom stereocenters. The van der Waals surface area contributed by atoms with Gasteiger partial charge in [0.2, 0.25) is 5.95 Å². The average Bonchev–Trinajstić information content (AvgIpc) is 3.19. The number of carbonyl (C=O) groups excluding carboxylic acids is 1. The fourth-order valence-corrected chi connectivity index (χ4v) is 3.56. The maximum atomic E-state index is 12.8. The zero-order valence-electron chi connectivity index (χ0n) is 14.8. The average molecular weight is 337 g/mol. The van der Waals surface area contributed by atoms with Crippen LogP contribution in [0.4, 0.5) is 5.95 Å². The number of anilines is 1. The van der Waals surface area contributed by atoms with Crippen LogP contribution in [-0.4, -0.2) is 26.1 Å². The highest BCUT2D eigenvalue weighted by Crippen LogP contribution is 2.33. The molecule has 0 bridgehead atoms. The summed E-state index contributed by atoms with van der Waals surface area (Å²) in [6.07, 6.45) is 3.31. The number of aromatic amines is 2. The third-order valence-corrected chi connectivity index (χ3v) is 4.99. The molecule has 4 rings (SSSR count). The second-order valence-corrected chi connectivity index (χ2v) is 7.31. The fourth-order valence-electron chi connectivity index (χ4n) is 3.56. The van der Waals surface area contributed by atoms with Crippen LogP contribution >= 0.6 is 0 Å². The first-order valence-electron chi connectivity index (χ1n) is 8.89. The highest BCUT2D eigenvalue weighted by atomic mass is 16.1. The van der Waals surface area contributed by atoms with Gasteiger partial charge in [-0.15, -0.1) is 5.10 Å². The van der Waals surface area contributed by atoms with Gasteiger partial charge in [0.25, 0.3) is 5.91 Å². The molecule has 6 nitrogen and oxygen atoms in total. The highest BCUT2D eigenvalue weighted by Gasteiger charge is 2.22. The van der Waals surface area contributed by atoms with Crippen molar-refractivity contribution in [1.29, 1.82) is 0 Å². The van der Waals surface area contributed by atoms with Gasteiger partial charge in [0, 0.05) is 17.0 Å². The second kappa shape index (κ2) is 6.02. The van der Waals surface area contributed by atoms with Crippen molar-refractivity contribution in [1.82, 2.24) is 20.2 Å². The maximum absolute atomic E-state index is 12.8. The van der Waals surface area contributed by atoms with Gasteiger partial charge in [-0.2, -0.15) is 4.98 Å². The Morgan fingerprint density at radius 1 is 1.36 bits per heavy atom. The summed E-state index contributed by atoms with van der Waals surface area (Å²) in [5, 5.41) is 10.9. The van der Waals surface area contributed by atoms with Crippen molar-refractivity contribution in [2.45, 2.75) is 46.0 Å². The molecule has 0 radical (unpaired) electrons. The first-order valence-corrected chi connectivity index (χ1v) is 8.89. The van der Waals surface area contributed by atoms with Gasteiger partial charge in [0.1, 0.15) is 5.82 Å². The van der Waals surface area contributed by atoms with Gasteiger partial charge in [-0.1, -0.05) is 32.9 Å². The van der Waals surface area contributed by atoms with Crippen molar-refractivity contribution in [3.8, 4) is 0 Å². The SMILES string of the molecule is CC(C)c1nc(NC(=O)c2cccc3c4c([nH]c23)CC[C@H](C)C4)n[nH]1. The van der Waals surface area contributed by atoms with E-state index in [0.29, 0.717) is 17.4 Å². The molecule has 0 spiro atoms. The van der Waals surface area contributed by atoms with E-state index in [-0.39, 0.29) is 11.8 Å². The molecule has 0 aliphatic heterocycles. The predicted molar refractivity (Wildman–Crippen MR) is 97.9 cm³/mol. The quantitative estimate of drug-likeness (QED) is 0.679. The second-order valence-electron chi connectivity index (χ2n) is 7.31. The van der Waals surface area contributed by atoms with Gasteiger partial charge in [-0.25, -0.2) is 0 Å². The summed E-state index contributed by atoms with van der Waals surface area (Å²) in [4.78, 5) is 20.6. The fraction of sp³-hybridized carbons (Fsp3) is 0.421. The van der Waals surface area contributed by atoms with E-state index in [1.165, 1.54) is 17.7 Å². The molecular weight excluding hydrogens is 314 g/mol. The lowest BCUT2D eigenvalue weighted by molar-refractivity contribution is 0.102.